The third-order valence-corrected chi connectivity index (χ3v) is 9.92. The van der Waals surface area contributed by atoms with Crippen molar-refractivity contribution in [2.24, 2.45) is 0 Å². The van der Waals surface area contributed by atoms with Crippen LogP contribution in [0, 0.1) is 6.92 Å². The molecule has 1 aliphatic carbocycles. The molecule has 0 N–H and O–H groups in total. The second-order valence-corrected chi connectivity index (χ2v) is 13.3. The van der Waals surface area contributed by atoms with Crippen LogP contribution in [-0.2, 0) is 9.31 Å². The second kappa shape index (κ2) is 9.79. The quantitative estimate of drug-likeness (QED) is 0.196. The fourth-order valence-corrected chi connectivity index (χ4v) is 6.91. The molecule has 0 aromatic heterocycles. The highest BCUT2D eigenvalue weighted by molar-refractivity contribution is 6.62. The Kier molecular flexibility index (Phi) is 6.04. The van der Waals surface area contributed by atoms with E-state index in [0.717, 1.165) is 11.0 Å². The lowest BCUT2D eigenvalue weighted by molar-refractivity contribution is 0.00578. The molecule has 0 unspecified atom stereocenters. The van der Waals surface area contributed by atoms with Crippen molar-refractivity contribution < 1.29 is 9.31 Å². The summed E-state index contributed by atoms with van der Waals surface area (Å²) in [5, 5.41) is 2.60. The monoisotopic (exact) mass is 570 g/mol. The van der Waals surface area contributed by atoms with Gasteiger partial charge in [-0.3, -0.25) is 0 Å². The van der Waals surface area contributed by atoms with E-state index in [4.69, 9.17) is 9.31 Å². The van der Waals surface area contributed by atoms with Crippen LogP contribution in [0.4, 0.5) is 0 Å². The van der Waals surface area contributed by atoms with Gasteiger partial charge in [0, 0.05) is 0 Å². The van der Waals surface area contributed by atoms with Crippen LogP contribution in [0.5, 0.6) is 0 Å². The predicted molar refractivity (Wildman–Crippen MR) is 185 cm³/mol. The molecule has 0 amide bonds. The minimum Gasteiger partial charge on any atom is -0.399 e. The Labute approximate surface area is 260 Å². The van der Waals surface area contributed by atoms with Gasteiger partial charge in [0.25, 0.3) is 0 Å². The van der Waals surface area contributed by atoms with Crippen LogP contribution in [0.2, 0.25) is 0 Å². The van der Waals surface area contributed by atoms with E-state index < -0.39 is 18.3 Å². The molecule has 2 aliphatic rings. The zero-order valence-corrected chi connectivity index (χ0v) is 25.9. The van der Waals surface area contributed by atoms with Crippen molar-refractivity contribution in [2.75, 3.05) is 0 Å². The van der Waals surface area contributed by atoms with Gasteiger partial charge in [-0.05, 0) is 113 Å². The lowest BCUT2D eigenvalue weighted by Gasteiger charge is -2.32. The van der Waals surface area contributed by atoms with Gasteiger partial charge in [0.2, 0.25) is 0 Å². The molecular formula is C41H35BO2. The molecule has 1 saturated heterocycles. The van der Waals surface area contributed by atoms with E-state index in [1.165, 1.54) is 66.4 Å². The normalized spacial score (nSPS) is 16.0. The molecule has 0 saturated carbocycles. The van der Waals surface area contributed by atoms with Crippen molar-refractivity contribution in [2.45, 2.75) is 45.8 Å². The van der Waals surface area contributed by atoms with Gasteiger partial charge in [0.15, 0.2) is 0 Å². The first-order valence-electron chi connectivity index (χ1n) is 15.5. The lowest BCUT2D eigenvalue weighted by Crippen LogP contribution is -2.41. The summed E-state index contributed by atoms with van der Waals surface area (Å²) in [4.78, 5) is 0. The highest BCUT2D eigenvalue weighted by Gasteiger charge is 2.51. The average Bonchev–Trinajstić information content (AvgIpc) is 3.48. The molecule has 44 heavy (non-hydrogen) atoms. The number of rotatable bonds is 4. The van der Waals surface area contributed by atoms with E-state index >= 15 is 0 Å². The highest BCUT2D eigenvalue weighted by Crippen LogP contribution is 2.57. The van der Waals surface area contributed by atoms with E-state index in [9.17, 15) is 0 Å². The molecule has 0 atom stereocenters. The summed E-state index contributed by atoms with van der Waals surface area (Å²) < 4.78 is 13.0. The molecule has 6 aromatic rings. The molecule has 3 heteroatoms. The molecule has 0 radical (unpaired) electrons. The third kappa shape index (κ3) is 4.11. The zero-order chi connectivity index (χ0) is 30.2. The standard InChI is InChI=1S/C41H35BO2/c1-26-20-22-27(23-21-26)34-25-35(30-16-9-17-31(24-30)42-43-40(2,3)41(4,5)44-42)37(29-12-7-6-8-13-29)39-33-19-11-15-28-14-10-18-32(36(28)33)38(34)39/h6-25H,1-5H3. The Balaban J connectivity index is 1.44. The van der Waals surface area contributed by atoms with Crippen molar-refractivity contribution >= 4 is 23.4 Å². The maximum atomic E-state index is 6.49. The molecule has 1 fully saturated rings. The first-order chi connectivity index (χ1) is 21.2. The number of hydrogen-bond donors (Lipinski definition) is 0. The topological polar surface area (TPSA) is 18.5 Å². The fraction of sp³-hybridized carbons (Fsp3) is 0.171. The summed E-state index contributed by atoms with van der Waals surface area (Å²) >= 11 is 0. The summed E-state index contributed by atoms with van der Waals surface area (Å²) in [6.07, 6.45) is 0. The van der Waals surface area contributed by atoms with Gasteiger partial charge >= 0.3 is 7.12 Å². The molecule has 214 valence electrons. The van der Waals surface area contributed by atoms with Crippen LogP contribution < -0.4 is 5.46 Å². The first-order valence-corrected chi connectivity index (χ1v) is 15.5. The summed E-state index contributed by atoms with van der Waals surface area (Å²) in [6, 6.07) is 44.4. The fourth-order valence-electron chi connectivity index (χ4n) is 6.91. The Morgan fingerprint density at radius 3 is 1.75 bits per heavy atom. The summed E-state index contributed by atoms with van der Waals surface area (Å²) in [5.41, 5.74) is 14.0. The Morgan fingerprint density at radius 1 is 0.477 bits per heavy atom. The van der Waals surface area contributed by atoms with E-state index in [1.807, 2.05) is 0 Å². The third-order valence-electron chi connectivity index (χ3n) is 9.92. The van der Waals surface area contributed by atoms with Crippen molar-refractivity contribution in [1.29, 1.82) is 0 Å². The molecular weight excluding hydrogens is 535 g/mol. The van der Waals surface area contributed by atoms with Crippen LogP contribution in [-0.4, -0.2) is 18.3 Å². The van der Waals surface area contributed by atoms with Gasteiger partial charge in [-0.2, -0.15) is 0 Å². The first kappa shape index (κ1) is 27.1. The van der Waals surface area contributed by atoms with Crippen LogP contribution in [0.25, 0.3) is 66.4 Å². The number of aryl methyl sites for hydroxylation is 1. The summed E-state index contributed by atoms with van der Waals surface area (Å²) in [7, 11) is -0.427. The highest BCUT2D eigenvalue weighted by atomic mass is 16.7. The molecule has 8 rings (SSSR count). The van der Waals surface area contributed by atoms with Gasteiger partial charge < -0.3 is 9.31 Å². The molecule has 6 aromatic carbocycles. The smallest absolute Gasteiger partial charge is 0.399 e. The molecule has 2 nitrogen and oxygen atoms in total. The van der Waals surface area contributed by atoms with E-state index in [2.05, 4.69) is 156 Å². The minimum atomic E-state index is -0.427. The maximum Gasteiger partial charge on any atom is 0.494 e. The second-order valence-electron chi connectivity index (χ2n) is 13.3. The van der Waals surface area contributed by atoms with Crippen LogP contribution in [0.3, 0.4) is 0 Å². The Hall–Kier alpha value is -4.44. The SMILES string of the molecule is Cc1ccc(-c2cc(-c3cccc(B4OC(C)(C)C(C)(C)O4)c3)c(-c3ccccc3)c3c2-c2cccc4cccc-3c24)cc1. The van der Waals surface area contributed by atoms with Crippen molar-refractivity contribution in [1.82, 2.24) is 0 Å². The number of fused-ring (bicyclic) bond motifs is 3. The largest absolute Gasteiger partial charge is 0.494 e. The molecule has 0 spiro atoms. The van der Waals surface area contributed by atoms with E-state index in [1.54, 1.807) is 0 Å². The van der Waals surface area contributed by atoms with Crippen molar-refractivity contribution in [3.05, 3.63) is 127 Å². The van der Waals surface area contributed by atoms with E-state index in [-0.39, 0.29) is 0 Å². The Bertz CT molecular complexity index is 2050. The number of hydrogen-bond acceptors (Lipinski definition) is 2. The van der Waals surface area contributed by atoms with Crippen molar-refractivity contribution in [3.8, 4) is 55.6 Å². The maximum absolute atomic E-state index is 6.49. The van der Waals surface area contributed by atoms with Gasteiger partial charge in [-0.1, -0.05) is 121 Å². The summed E-state index contributed by atoms with van der Waals surface area (Å²) in [6.45, 7) is 10.6. The zero-order valence-electron chi connectivity index (χ0n) is 25.9. The van der Waals surface area contributed by atoms with Crippen LogP contribution in [0.1, 0.15) is 33.3 Å². The van der Waals surface area contributed by atoms with Gasteiger partial charge in [0.05, 0.1) is 11.2 Å². The van der Waals surface area contributed by atoms with Crippen molar-refractivity contribution in [3.63, 3.8) is 0 Å². The average molecular weight is 571 g/mol. The van der Waals surface area contributed by atoms with Gasteiger partial charge in [0.1, 0.15) is 0 Å². The van der Waals surface area contributed by atoms with Gasteiger partial charge in [-0.25, -0.2) is 0 Å². The number of benzene rings is 6. The molecule has 0 bridgehead atoms. The molecule has 1 heterocycles. The minimum absolute atomic E-state index is 0.403. The molecule has 1 aliphatic heterocycles. The van der Waals surface area contributed by atoms with Crippen LogP contribution in [0.15, 0.2) is 121 Å². The predicted octanol–water partition coefficient (Wildman–Crippen LogP) is 10.1. The lowest BCUT2D eigenvalue weighted by atomic mass is 9.76. The Morgan fingerprint density at radius 2 is 1.07 bits per heavy atom. The van der Waals surface area contributed by atoms with Gasteiger partial charge in [-0.15, -0.1) is 0 Å². The summed E-state index contributed by atoms with van der Waals surface area (Å²) in [5.74, 6) is 0. The van der Waals surface area contributed by atoms with E-state index in [0.29, 0.717) is 0 Å². The van der Waals surface area contributed by atoms with Crippen LogP contribution >= 0.6 is 0 Å².